The Balaban J connectivity index is 2.66. The zero-order valence-corrected chi connectivity index (χ0v) is 7.60. The minimum atomic E-state index is -0.718. The van der Waals surface area contributed by atoms with Crippen LogP contribution in [0.15, 0.2) is 23.3 Å². The number of urea groups is 1. The number of rotatable bonds is 3. The number of nitrogens with zero attached hydrogens (tertiary/aromatic N) is 2. The summed E-state index contributed by atoms with van der Waals surface area (Å²) >= 11 is 0. The minimum absolute atomic E-state index is 0.480. The molecule has 0 atom stereocenters. The molecule has 6 heteroatoms. The van der Waals surface area contributed by atoms with Crippen LogP contribution in [0.5, 0.6) is 5.88 Å². The molecule has 0 aliphatic heterocycles. The maximum Gasteiger partial charge on any atom is 0.332 e. The summed E-state index contributed by atoms with van der Waals surface area (Å²) in [7, 11) is 1.52. The molecule has 0 aromatic carbocycles. The predicted octanol–water partition coefficient (Wildman–Crippen LogP) is 0.0924. The first-order valence-corrected chi connectivity index (χ1v) is 3.82. The molecular weight excluding hydrogens is 184 g/mol. The van der Waals surface area contributed by atoms with Crippen LogP contribution < -0.4 is 15.9 Å². The molecule has 1 rings (SSSR count). The highest BCUT2D eigenvalue weighted by Gasteiger charge is 1.93. The number of methoxy groups -OCH3 is 1. The summed E-state index contributed by atoms with van der Waals surface area (Å²) in [5.74, 6) is 0.480. The monoisotopic (exact) mass is 194 g/mol. The third-order valence-electron chi connectivity index (χ3n) is 1.33. The molecule has 0 radical (unpaired) electrons. The third-order valence-corrected chi connectivity index (χ3v) is 1.33. The molecule has 0 fully saturated rings. The maximum atomic E-state index is 10.3. The molecule has 0 unspecified atom stereocenters. The highest BCUT2D eigenvalue weighted by Crippen LogP contribution is 2.04. The molecule has 1 aromatic rings. The molecule has 3 N–H and O–H groups in total. The second-order valence-electron chi connectivity index (χ2n) is 2.34. The summed E-state index contributed by atoms with van der Waals surface area (Å²) < 4.78 is 4.90. The van der Waals surface area contributed by atoms with Crippen molar-refractivity contribution in [1.82, 2.24) is 10.4 Å². The number of ether oxygens (including phenoxy) is 1. The Bertz CT molecular complexity index is 351. The van der Waals surface area contributed by atoms with Crippen molar-refractivity contribution in [3.8, 4) is 5.88 Å². The van der Waals surface area contributed by atoms with Crippen molar-refractivity contribution in [2.75, 3.05) is 7.11 Å². The van der Waals surface area contributed by atoms with Crippen molar-refractivity contribution >= 4 is 12.2 Å². The fourth-order valence-electron chi connectivity index (χ4n) is 0.778. The molecule has 74 valence electrons. The zero-order chi connectivity index (χ0) is 10.4. The van der Waals surface area contributed by atoms with Crippen LogP contribution in [-0.4, -0.2) is 24.3 Å². The van der Waals surface area contributed by atoms with E-state index in [9.17, 15) is 4.79 Å². The lowest BCUT2D eigenvalue weighted by atomic mass is 10.4. The summed E-state index contributed by atoms with van der Waals surface area (Å²) in [5, 5.41) is 3.55. The van der Waals surface area contributed by atoms with Crippen LogP contribution in [0.4, 0.5) is 4.79 Å². The predicted molar refractivity (Wildman–Crippen MR) is 51.1 cm³/mol. The van der Waals surface area contributed by atoms with E-state index in [2.05, 4.69) is 15.5 Å². The lowest BCUT2D eigenvalue weighted by Gasteiger charge is -1.98. The number of pyridine rings is 1. The van der Waals surface area contributed by atoms with Crippen molar-refractivity contribution in [3.05, 3.63) is 23.9 Å². The van der Waals surface area contributed by atoms with Gasteiger partial charge in [0.1, 0.15) is 0 Å². The van der Waals surface area contributed by atoms with E-state index in [1.54, 1.807) is 18.2 Å². The number of hydrogen-bond acceptors (Lipinski definition) is 4. The SMILES string of the molecule is COc1cccc(/C=N/NC(N)=O)n1. The third kappa shape index (κ3) is 3.10. The van der Waals surface area contributed by atoms with Crippen LogP contribution in [0, 0.1) is 0 Å². The van der Waals surface area contributed by atoms with Crippen LogP contribution in [0.25, 0.3) is 0 Å². The summed E-state index contributed by atoms with van der Waals surface area (Å²) in [6.45, 7) is 0. The topological polar surface area (TPSA) is 89.6 Å². The van der Waals surface area contributed by atoms with Gasteiger partial charge < -0.3 is 10.5 Å². The lowest BCUT2D eigenvalue weighted by Crippen LogP contribution is -2.24. The largest absolute Gasteiger partial charge is 0.481 e. The number of hydrazone groups is 1. The van der Waals surface area contributed by atoms with Crippen molar-refractivity contribution in [2.24, 2.45) is 10.8 Å². The maximum absolute atomic E-state index is 10.3. The van der Waals surface area contributed by atoms with Crippen molar-refractivity contribution in [1.29, 1.82) is 0 Å². The molecule has 1 heterocycles. The molecule has 0 saturated heterocycles. The molecule has 0 spiro atoms. The Labute approximate surface area is 80.8 Å². The van der Waals surface area contributed by atoms with E-state index in [4.69, 9.17) is 10.5 Å². The number of nitrogens with two attached hydrogens (primary N) is 1. The van der Waals surface area contributed by atoms with E-state index < -0.39 is 6.03 Å². The van der Waals surface area contributed by atoms with Gasteiger partial charge in [0.2, 0.25) is 5.88 Å². The van der Waals surface area contributed by atoms with Gasteiger partial charge in [0.15, 0.2) is 0 Å². The van der Waals surface area contributed by atoms with Gasteiger partial charge in [-0.2, -0.15) is 5.10 Å². The van der Waals surface area contributed by atoms with E-state index in [0.29, 0.717) is 11.6 Å². The summed E-state index contributed by atoms with van der Waals surface area (Å²) in [5.41, 5.74) is 7.43. The minimum Gasteiger partial charge on any atom is -0.481 e. The van der Waals surface area contributed by atoms with Gasteiger partial charge in [-0.25, -0.2) is 15.2 Å². The van der Waals surface area contributed by atoms with Crippen LogP contribution in [0.2, 0.25) is 0 Å². The molecule has 0 aliphatic carbocycles. The highest BCUT2D eigenvalue weighted by molar-refractivity contribution is 5.79. The molecule has 0 aliphatic rings. The molecule has 6 nitrogen and oxygen atoms in total. The van der Waals surface area contributed by atoms with Gasteiger partial charge in [-0.1, -0.05) is 6.07 Å². The Morgan fingerprint density at radius 3 is 3.14 bits per heavy atom. The first kappa shape index (κ1) is 9.97. The Morgan fingerprint density at radius 2 is 2.50 bits per heavy atom. The van der Waals surface area contributed by atoms with E-state index in [0.717, 1.165) is 0 Å². The average Bonchev–Trinajstić information content (AvgIpc) is 2.18. The summed E-state index contributed by atoms with van der Waals surface area (Å²) in [4.78, 5) is 14.3. The van der Waals surface area contributed by atoms with Crippen LogP contribution >= 0.6 is 0 Å². The second-order valence-corrected chi connectivity index (χ2v) is 2.34. The van der Waals surface area contributed by atoms with Gasteiger partial charge >= 0.3 is 6.03 Å². The van der Waals surface area contributed by atoms with Gasteiger partial charge in [0.05, 0.1) is 19.0 Å². The quantitative estimate of drug-likeness (QED) is 0.528. The first-order valence-electron chi connectivity index (χ1n) is 3.82. The standard InChI is InChI=1S/C8H10N4O2/c1-14-7-4-2-3-6(11-7)5-10-12-8(9)13/h2-5H,1H3,(H3,9,12,13)/b10-5+. The summed E-state index contributed by atoms with van der Waals surface area (Å²) in [6.07, 6.45) is 1.37. The van der Waals surface area contributed by atoms with Gasteiger partial charge in [-0.3, -0.25) is 0 Å². The number of hydrogen-bond donors (Lipinski definition) is 2. The fourth-order valence-corrected chi connectivity index (χ4v) is 0.778. The number of nitrogens with one attached hydrogen (secondary N) is 1. The number of aromatic nitrogens is 1. The molecular formula is C8H10N4O2. The molecule has 0 bridgehead atoms. The smallest absolute Gasteiger partial charge is 0.332 e. The van der Waals surface area contributed by atoms with Gasteiger partial charge in [-0.05, 0) is 6.07 Å². The van der Waals surface area contributed by atoms with Crippen molar-refractivity contribution in [3.63, 3.8) is 0 Å². The van der Waals surface area contributed by atoms with E-state index >= 15 is 0 Å². The van der Waals surface area contributed by atoms with Crippen molar-refractivity contribution < 1.29 is 9.53 Å². The highest BCUT2D eigenvalue weighted by atomic mass is 16.5. The van der Waals surface area contributed by atoms with Crippen LogP contribution in [0.3, 0.4) is 0 Å². The molecule has 0 saturated carbocycles. The number of primary amides is 1. The Kier molecular flexibility index (Phi) is 3.42. The molecule has 2 amide bonds. The van der Waals surface area contributed by atoms with E-state index in [1.807, 2.05) is 0 Å². The van der Waals surface area contributed by atoms with Gasteiger partial charge in [0, 0.05) is 6.07 Å². The molecule has 14 heavy (non-hydrogen) atoms. The zero-order valence-electron chi connectivity index (χ0n) is 7.60. The number of carbonyl (C=O) groups excluding carboxylic acids is 1. The second kappa shape index (κ2) is 4.80. The van der Waals surface area contributed by atoms with Crippen LogP contribution in [-0.2, 0) is 0 Å². The van der Waals surface area contributed by atoms with E-state index in [-0.39, 0.29) is 0 Å². The Hall–Kier alpha value is -2.11. The number of carbonyl (C=O) groups is 1. The van der Waals surface area contributed by atoms with Gasteiger partial charge in [-0.15, -0.1) is 0 Å². The number of amides is 2. The van der Waals surface area contributed by atoms with E-state index in [1.165, 1.54) is 13.3 Å². The molecule has 1 aromatic heterocycles. The first-order chi connectivity index (χ1) is 6.72. The lowest BCUT2D eigenvalue weighted by molar-refractivity contribution is 0.249. The Morgan fingerprint density at radius 1 is 1.71 bits per heavy atom. The summed E-state index contributed by atoms with van der Waals surface area (Å²) in [6, 6.07) is 4.47. The normalized spacial score (nSPS) is 10.1. The fraction of sp³-hybridized carbons (Fsp3) is 0.125. The van der Waals surface area contributed by atoms with Crippen LogP contribution in [0.1, 0.15) is 5.69 Å². The van der Waals surface area contributed by atoms with Gasteiger partial charge in [0.25, 0.3) is 0 Å². The van der Waals surface area contributed by atoms with Crippen molar-refractivity contribution in [2.45, 2.75) is 0 Å². The average molecular weight is 194 g/mol.